The van der Waals surface area contributed by atoms with E-state index in [0.717, 1.165) is 80.7 Å². The fourth-order valence-electron chi connectivity index (χ4n) is 9.48. The monoisotopic (exact) mass is 1010 g/mol. The van der Waals surface area contributed by atoms with E-state index in [1.54, 1.807) is 6.07 Å². The van der Waals surface area contributed by atoms with Gasteiger partial charge in [-0.15, -0.1) is 5.10 Å². The number of nitrogens with one attached hydrogen (secondary N) is 2. The molecule has 0 aliphatic carbocycles. The zero-order valence-corrected chi connectivity index (χ0v) is 37.1. The average Bonchev–Trinajstić information content (AvgIpc) is 4.04. The molecule has 0 saturated carbocycles. The number of hydrogen-bond acceptors (Lipinski definition) is 11. The Morgan fingerprint density at radius 3 is 1.47 bits per heavy atom. The van der Waals surface area contributed by atoms with Crippen molar-refractivity contribution in [3.8, 4) is 17.1 Å². The molecule has 2 unspecified atom stereocenters. The van der Waals surface area contributed by atoms with Gasteiger partial charge in [-0.3, -0.25) is 14.1 Å². The van der Waals surface area contributed by atoms with E-state index in [4.69, 9.17) is 8.92 Å². The fraction of sp³-hybridized carbons (Fsp3) is 0.413. The molecule has 70 heavy (non-hydrogen) atoms. The molecular weight excluding hydrogens is 967 g/mol. The Kier molecular flexibility index (Phi) is 15.2. The molecule has 24 heteroatoms. The molecule has 4 fully saturated rings. The van der Waals surface area contributed by atoms with E-state index >= 15 is 0 Å². The SMILES string of the molecule is C.CS(=O)(=O)OC1C[C@H]2CC[C@@H](C1)N2c1ccc(C(F)(F)F)cn1.Fc1cc(F)cc(-c2cc(OC3C[C@H]4CC[C@@H](C3)N4c3ccc(C(F)(F)F)cn3)n[nH]2)c1.O=C1CC(c2cc(F)cc(F)c2)=NN1. The summed E-state index contributed by atoms with van der Waals surface area (Å²) < 4.78 is 162. The smallest absolute Gasteiger partial charge is 0.417 e. The van der Waals surface area contributed by atoms with E-state index in [0.29, 0.717) is 65.7 Å². The Morgan fingerprint density at radius 1 is 0.643 bits per heavy atom. The molecule has 4 bridgehead atoms. The summed E-state index contributed by atoms with van der Waals surface area (Å²) in [6.07, 6.45) is -0.562. The number of anilines is 2. The van der Waals surface area contributed by atoms with E-state index < -0.39 is 56.9 Å². The van der Waals surface area contributed by atoms with Gasteiger partial charge in [-0.2, -0.15) is 39.9 Å². The molecule has 10 rings (SSSR count). The summed E-state index contributed by atoms with van der Waals surface area (Å²) >= 11 is 0. The van der Waals surface area contributed by atoms with Gasteiger partial charge in [0.25, 0.3) is 10.1 Å². The van der Waals surface area contributed by atoms with Crippen molar-refractivity contribution in [3.63, 3.8) is 0 Å². The molecule has 376 valence electrons. The van der Waals surface area contributed by atoms with Crippen LogP contribution in [0, 0.1) is 23.3 Å². The first-order valence-electron chi connectivity index (χ1n) is 21.6. The summed E-state index contributed by atoms with van der Waals surface area (Å²) in [4.78, 5) is 22.9. The first-order valence-corrected chi connectivity index (χ1v) is 23.4. The Hall–Kier alpha value is -6.30. The number of rotatable bonds is 8. The molecule has 3 aromatic heterocycles. The number of carbonyl (C=O) groups is 1. The van der Waals surface area contributed by atoms with Gasteiger partial charge in [-0.05, 0) is 87.1 Å². The second-order valence-corrected chi connectivity index (χ2v) is 18.8. The van der Waals surface area contributed by atoms with Crippen LogP contribution in [-0.4, -0.2) is 82.8 Å². The second-order valence-electron chi connectivity index (χ2n) is 17.2. The van der Waals surface area contributed by atoms with Gasteiger partial charge in [0.05, 0.1) is 41.3 Å². The van der Waals surface area contributed by atoms with Crippen molar-refractivity contribution < 1.29 is 66.0 Å². The number of aromatic nitrogens is 4. The van der Waals surface area contributed by atoms with Gasteiger partial charge in [-0.25, -0.2) is 33.0 Å². The summed E-state index contributed by atoms with van der Waals surface area (Å²) in [5.74, 6) is -1.62. The number of fused-ring (bicyclic) bond motifs is 4. The number of hydrazone groups is 1. The van der Waals surface area contributed by atoms with Gasteiger partial charge in [-0.1, -0.05) is 7.43 Å². The first kappa shape index (κ1) is 51.5. The van der Waals surface area contributed by atoms with Crippen LogP contribution in [0.3, 0.4) is 0 Å². The lowest BCUT2D eigenvalue weighted by Crippen LogP contribution is -2.46. The fourth-order valence-corrected chi connectivity index (χ4v) is 10.1. The van der Waals surface area contributed by atoms with Crippen molar-refractivity contribution in [2.24, 2.45) is 5.10 Å². The van der Waals surface area contributed by atoms with E-state index in [1.165, 1.54) is 24.3 Å². The third-order valence-electron chi connectivity index (χ3n) is 12.2. The Balaban J connectivity index is 0.000000166. The Bertz CT molecular complexity index is 2730. The van der Waals surface area contributed by atoms with Gasteiger partial charge in [0.15, 0.2) is 0 Å². The van der Waals surface area contributed by atoms with Crippen LogP contribution in [0.2, 0.25) is 0 Å². The number of piperidine rings is 2. The minimum absolute atomic E-state index is 0. The van der Waals surface area contributed by atoms with E-state index in [9.17, 15) is 57.1 Å². The van der Waals surface area contributed by atoms with Crippen molar-refractivity contribution in [3.05, 3.63) is 119 Å². The number of carbonyl (C=O) groups excluding carboxylic acids is 1. The number of halogens is 10. The van der Waals surface area contributed by atoms with Crippen LogP contribution in [0.25, 0.3) is 11.3 Å². The number of benzene rings is 2. The predicted molar refractivity (Wildman–Crippen MR) is 236 cm³/mol. The number of nitrogens with zero attached hydrogens (tertiary/aromatic N) is 6. The standard InChI is InChI=1S/C22H19F5N4O.C14H17F3N2O3S.C9H6F2N2O.CH4/c23-14-5-12(6-15(24)7-14)19-10-21(30-29-19)32-18-8-16-2-3-17(9-18)31(16)20-4-1-13(11-28-20)22(25,26)27;1-23(20,21)22-12-6-10-3-4-11(7-12)19(10)13-5-2-9(8-18-13)14(15,16)17;10-6-1-5(2-7(11)3-6)8-4-9(14)13-12-8;/h1,4-7,10-11,16-18H,2-3,8-9H2,(H,29,30);2,5,8,10-12H,3-4,6-7H2,1H3;1-3H,4H2,(H,13,14);1H4/t16-,17+,18?;10-,11+,12?;;. The number of hydrogen-bond donors (Lipinski definition) is 2. The third-order valence-corrected chi connectivity index (χ3v) is 12.8. The highest BCUT2D eigenvalue weighted by Crippen LogP contribution is 2.42. The molecule has 5 aliphatic heterocycles. The van der Waals surface area contributed by atoms with Gasteiger partial charge in [0.1, 0.15) is 41.0 Å². The average molecular weight is 1010 g/mol. The topological polar surface area (TPSA) is 155 Å². The summed E-state index contributed by atoms with van der Waals surface area (Å²) in [6.45, 7) is 0. The highest BCUT2D eigenvalue weighted by Gasteiger charge is 2.44. The lowest BCUT2D eigenvalue weighted by molar-refractivity contribution is -0.138. The van der Waals surface area contributed by atoms with Crippen LogP contribution in [0.4, 0.5) is 55.5 Å². The number of aromatic amines is 1. The summed E-state index contributed by atoms with van der Waals surface area (Å²) in [5, 5.41) is 10.5. The molecule has 4 saturated heterocycles. The number of amides is 1. The van der Waals surface area contributed by atoms with Crippen LogP contribution >= 0.6 is 0 Å². The van der Waals surface area contributed by atoms with E-state index in [-0.39, 0.29) is 56.1 Å². The molecule has 8 heterocycles. The molecule has 0 spiro atoms. The van der Waals surface area contributed by atoms with Crippen LogP contribution in [0.15, 0.2) is 84.2 Å². The zero-order chi connectivity index (χ0) is 49.4. The maximum atomic E-state index is 13.5. The Morgan fingerprint density at radius 2 is 1.09 bits per heavy atom. The lowest BCUT2D eigenvalue weighted by atomic mass is 9.99. The van der Waals surface area contributed by atoms with Crippen molar-refractivity contribution in [1.29, 1.82) is 0 Å². The van der Waals surface area contributed by atoms with Crippen LogP contribution in [-0.2, 0) is 31.4 Å². The first-order chi connectivity index (χ1) is 32.5. The number of H-pyrrole nitrogens is 1. The largest absolute Gasteiger partial charge is 0.473 e. The van der Waals surface area contributed by atoms with Crippen LogP contribution in [0.5, 0.6) is 5.88 Å². The van der Waals surface area contributed by atoms with Crippen molar-refractivity contribution in [2.45, 2.75) is 114 Å². The number of alkyl halides is 6. The molecule has 13 nitrogen and oxygen atoms in total. The van der Waals surface area contributed by atoms with Crippen molar-refractivity contribution >= 4 is 33.4 Å². The maximum Gasteiger partial charge on any atom is 0.417 e. The molecule has 0 radical (unpaired) electrons. The van der Waals surface area contributed by atoms with Crippen LogP contribution in [0.1, 0.15) is 81.9 Å². The quantitative estimate of drug-likeness (QED) is 0.113. The van der Waals surface area contributed by atoms with Crippen molar-refractivity contribution in [1.82, 2.24) is 25.6 Å². The summed E-state index contributed by atoms with van der Waals surface area (Å²) in [5.41, 5.74) is 2.08. The van der Waals surface area contributed by atoms with Crippen molar-refractivity contribution in [2.75, 3.05) is 16.1 Å². The molecule has 5 aliphatic rings. The van der Waals surface area contributed by atoms with Crippen LogP contribution < -0.4 is 20.0 Å². The molecular formula is C46H46F10N8O5S. The molecule has 5 aromatic rings. The van der Waals surface area contributed by atoms with E-state index in [1.807, 2.05) is 4.90 Å². The summed E-state index contributed by atoms with van der Waals surface area (Å²) in [7, 11) is -3.51. The van der Waals surface area contributed by atoms with E-state index in [2.05, 4.69) is 35.6 Å². The predicted octanol–water partition coefficient (Wildman–Crippen LogP) is 9.75. The number of ether oxygens (including phenoxy) is 1. The minimum atomic E-state index is -4.41. The normalized spacial score (nSPS) is 22.8. The van der Waals surface area contributed by atoms with Gasteiger partial charge in [0, 0.05) is 78.7 Å². The molecule has 2 N–H and O–H groups in total. The Labute approximate surface area is 395 Å². The highest BCUT2D eigenvalue weighted by molar-refractivity contribution is 7.86. The number of pyridine rings is 2. The second kappa shape index (κ2) is 20.6. The zero-order valence-electron chi connectivity index (χ0n) is 36.2. The maximum absolute atomic E-state index is 13.5. The molecule has 1 amide bonds. The van der Waals surface area contributed by atoms with Gasteiger partial charge in [0.2, 0.25) is 11.8 Å². The third kappa shape index (κ3) is 12.5. The van der Waals surface area contributed by atoms with Gasteiger partial charge >= 0.3 is 12.4 Å². The highest BCUT2D eigenvalue weighted by atomic mass is 32.2. The van der Waals surface area contributed by atoms with Gasteiger partial charge < -0.3 is 14.5 Å². The molecule has 2 aromatic carbocycles. The lowest BCUT2D eigenvalue weighted by Gasteiger charge is -2.39. The summed E-state index contributed by atoms with van der Waals surface area (Å²) in [6, 6.07) is 13.1. The molecule has 6 atom stereocenters. The minimum Gasteiger partial charge on any atom is -0.473 e.